The molecule has 3 saturated heterocycles. The summed E-state index contributed by atoms with van der Waals surface area (Å²) in [6.45, 7) is 1.72. The number of piperazine rings is 1. The molecular weight excluding hydrogens is 296 g/mol. The minimum Gasteiger partial charge on any atom is -0.319 e. The molecule has 3 fully saturated rings. The summed E-state index contributed by atoms with van der Waals surface area (Å²) in [5.74, 6) is 0. The fraction of sp³-hybridized carbons (Fsp3) is 0.375. The summed E-state index contributed by atoms with van der Waals surface area (Å²) in [5.41, 5.74) is 1.98. The average molecular weight is 314 g/mol. The molecule has 2 amide bonds. The summed E-state index contributed by atoms with van der Waals surface area (Å²) >= 11 is 1.33. The van der Waals surface area contributed by atoms with E-state index in [1.165, 1.54) is 18.0 Å². The lowest BCUT2D eigenvalue weighted by atomic mass is 9.93. The van der Waals surface area contributed by atoms with Crippen LogP contribution in [0.5, 0.6) is 0 Å². The quantitative estimate of drug-likeness (QED) is 0.896. The Bertz CT molecular complexity index is 664. The Morgan fingerprint density at radius 2 is 2.18 bits per heavy atom. The van der Waals surface area contributed by atoms with Crippen LogP contribution in [0.4, 0.5) is 9.80 Å². The molecule has 0 radical (unpaired) electrons. The molecule has 2 unspecified atom stereocenters. The predicted molar refractivity (Wildman–Crippen MR) is 88.1 cm³/mol. The van der Waals surface area contributed by atoms with Crippen LogP contribution in [0.1, 0.15) is 12.8 Å². The van der Waals surface area contributed by atoms with Gasteiger partial charge in [-0.2, -0.15) is 4.37 Å². The van der Waals surface area contributed by atoms with Gasteiger partial charge in [-0.05, 0) is 24.4 Å². The van der Waals surface area contributed by atoms with Crippen LogP contribution in [0.15, 0.2) is 36.4 Å². The predicted octanol–water partition coefficient (Wildman–Crippen LogP) is 2.78. The molecule has 2 bridgehead atoms. The largest absolute Gasteiger partial charge is 0.322 e. The van der Waals surface area contributed by atoms with Crippen molar-refractivity contribution in [3.8, 4) is 11.3 Å². The molecule has 0 aliphatic carbocycles. The van der Waals surface area contributed by atoms with Crippen molar-refractivity contribution in [3.05, 3.63) is 36.4 Å². The molecule has 1 aromatic carbocycles. The first-order chi connectivity index (χ1) is 10.8. The summed E-state index contributed by atoms with van der Waals surface area (Å²) in [5, 5.41) is 7.27. The third kappa shape index (κ3) is 2.60. The second-order valence-electron chi connectivity index (χ2n) is 5.86. The van der Waals surface area contributed by atoms with Crippen LogP contribution in [0.25, 0.3) is 11.3 Å². The number of fused-ring (bicyclic) bond motifs is 3. The maximum atomic E-state index is 12.5. The van der Waals surface area contributed by atoms with Gasteiger partial charge in [0.1, 0.15) is 5.00 Å². The third-order valence-corrected chi connectivity index (χ3v) is 5.12. The van der Waals surface area contributed by atoms with E-state index in [0.29, 0.717) is 12.1 Å². The first-order valence-corrected chi connectivity index (χ1v) is 8.40. The zero-order chi connectivity index (χ0) is 14.9. The molecule has 3 aliphatic heterocycles. The average Bonchev–Trinajstić information content (AvgIpc) is 3.05. The van der Waals surface area contributed by atoms with Gasteiger partial charge in [-0.3, -0.25) is 5.32 Å². The standard InChI is InChI=1S/C16H18N4OS/c21-16(20-10-12-6-7-13(20)9-17-12)18-15-8-14(19-22-15)11-4-2-1-3-5-11/h1-5,8,12-13,17H,6-7,9-10H2,(H,18,21). The molecule has 114 valence electrons. The van der Waals surface area contributed by atoms with E-state index in [0.717, 1.165) is 35.8 Å². The molecule has 22 heavy (non-hydrogen) atoms. The zero-order valence-corrected chi connectivity index (χ0v) is 13.0. The van der Waals surface area contributed by atoms with Crippen molar-refractivity contribution in [3.63, 3.8) is 0 Å². The van der Waals surface area contributed by atoms with E-state index in [4.69, 9.17) is 0 Å². The smallest absolute Gasteiger partial charge is 0.319 e. The number of amides is 2. The van der Waals surface area contributed by atoms with Gasteiger partial charge in [-0.15, -0.1) is 0 Å². The van der Waals surface area contributed by atoms with Crippen molar-refractivity contribution in [2.45, 2.75) is 24.9 Å². The number of rotatable bonds is 2. The summed E-state index contributed by atoms with van der Waals surface area (Å²) in [4.78, 5) is 14.4. The van der Waals surface area contributed by atoms with Gasteiger partial charge < -0.3 is 10.2 Å². The van der Waals surface area contributed by atoms with Gasteiger partial charge in [-0.1, -0.05) is 30.3 Å². The molecule has 1 aromatic heterocycles. The summed E-state index contributed by atoms with van der Waals surface area (Å²) in [6.07, 6.45) is 2.27. The van der Waals surface area contributed by atoms with Gasteiger partial charge in [0.15, 0.2) is 0 Å². The maximum absolute atomic E-state index is 12.5. The van der Waals surface area contributed by atoms with Gasteiger partial charge in [0.2, 0.25) is 0 Å². The van der Waals surface area contributed by atoms with E-state index in [2.05, 4.69) is 15.0 Å². The number of aromatic nitrogens is 1. The molecule has 5 rings (SSSR count). The van der Waals surface area contributed by atoms with Crippen LogP contribution in [-0.2, 0) is 0 Å². The first-order valence-electron chi connectivity index (χ1n) is 7.63. The Balaban J connectivity index is 1.45. The first kappa shape index (κ1) is 13.7. The summed E-state index contributed by atoms with van der Waals surface area (Å²) in [6, 6.07) is 12.7. The summed E-state index contributed by atoms with van der Waals surface area (Å²) < 4.78 is 4.43. The number of piperidine rings is 2. The molecule has 2 aromatic rings. The number of nitrogens with one attached hydrogen (secondary N) is 2. The van der Waals surface area contributed by atoms with Gasteiger partial charge >= 0.3 is 6.03 Å². The van der Waals surface area contributed by atoms with Crippen LogP contribution in [-0.4, -0.2) is 40.5 Å². The zero-order valence-electron chi connectivity index (χ0n) is 12.2. The minimum atomic E-state index is -0.000498. The fourth-order valence-electron chi connectivity index (χ4n) is 3.21. The molecule has 2 N–H and O–H groups in total. The van der Waals surface area contributed by atoms with Crippen LogP contribution < -0.4 is 10.6 Å². The molecule has 5 nitrogen and oxygen atoms in total. The Labute approximate surface area is 133 Å². The summed E-state index contributed by atoms with van der Waals surface area (Å²) in [7, 11) is 0. The molecule has 4 heterocycles. The lowest BCUT2D eigenvalue weighted by Crippen LogP contribution is -2.63. The molecule has 0 spiro atoms. The fourth-order valence-corrected chi connectivity index (χ4v) is 3.87. The highest BCUT2D eigenvalue weighted by Gasteiger charge is 2.36. The number of benzene rings is 1. The van der Waals surface area contributed by atoms with Crippen molar-refractivity contribution in [2.75, 3.05) is 18.4 Å². The molecule has 2 atom stereocenters. The Hall–Kier alpha value is -1.92. The van der Waals surface area contributed by atoms with E-state index in [1.54, 1.807) is 0 Å². The Morgan fingerprint density at radius 1 is 1.32 bits per heavy atom. The topological polar surface area (TPSA) is 57.3 Å². The Kier molecular flexibility index (Phi) is 3.56. The molecule has 6 heteroatoms. The number of anilines is 1. The van der Waals surface area contributed by atoms with Crippen molar-refractivity contribution in [1.82, 2.24) is 14.6 Å². The lowest BCUT2D eigenvalue weighted by molar-refractivity contribution is 0.106. The van der Waals surface area contributed by atoms with Crippen molar-refractivity contribution in [2.24, 2.45) is 0 Å². The molecule has 3 aliphatic rings. The number of hydrogen-bond donors (Lipinski definition) is 2. The van der Waals surface area contributed by atoms with E-state index in [1.807, 2.05) is 41.3 Å². The van der Waals surface area contributed by atoms with Crippen molar-refractivity contribution in [1.29, 1.82) is 0 Å². The second kappa shape index (κ2) is 5.70. The van der Waals surface area contributed by atoms with Crippen LogP contribution in [0.3, 0.4) is 0 Å². The number of hydrogen-bond acceptors (Lipinski definition) is 4. The lowest BCUT2D eigenvalue weighted by Gasteiger charge is -2.45. The molecular formula is C16H18N4OS. The van der Waals surface area contributed by atoms with Crippen molar-refractivity contribution < 1.29 is 4.79 Å². The highest BCUT2D eigenvalue weighted by atomic mass is 32.1. The maximum Gasteiger partial charge on any atom is 0.322 e. The van der Waals surface area contributed by atoms with E-state index >= 15 is 0 Å². The molecule has 0 saturated carbocycles. The minimum absolute atomic E-state index is 0.000498. The third-order valence-electron chi connectivity index (χ3n) is 4.42. The van der Waals surface area contributed by atoms with Crippen LogP contribution >= 0.6 is 11.5 Å². The van der Waals surface area contributed by atoms with E-state index < -0.39 is 0 Å². The van der Waals surface area contributed by atoms with Gasteiger partial charge in [-0.25, -0.2) is 4.79 Å². The van der Waals surface area contributed by atoms with Crippen molar-refractivity contribution >= 4 is 22.6 Å². The number of urea groups is 1. The second-order valence-corrected chi connectivity index (χ2v) is 6.67. The monoisotopic (exact) mass is 314 g/mol. The van der Waals surface area contributed by atoms with Gasteiger partial charge in [0.05, 0.1) is 5.69 Å². The number of nitrogens with zero attached hydrogens (tertiary/aromatic N) is 2. The number of carbonyl (C=O) groups excluding carboxylic acids is 1. The SMILES string of the molecule is O=C(Nc1cc(-c2ccccc2)ns1)N1CC2CCC1CN2. The Morgan fingerprint density at radius 3 is 2.86 bits per heavy atom. The van der Waals surface area contributed by atoms with Gasteiger partial charge in [0.25, 0.3) is 0 Å². The van der Waals surface area contributed by atoms with Crippen LogP contribution in [0, 0.1) is 0 Å². The highest BCUT2D eigenvalue weighted by molar-refractivity contribution is 7.10. The normalized spacial score (nSPS) is 23.5. The highest BCUT2D eigenvalue weighted by Crippen LogP contribution is 2.27. The number of carbonyl (C=O) groups is 1. The van der Waals surface area contributed by atoms with Crippen LogP contribution in [0.2, 0.25) is 0 Å². The van der Waals surface area contributed by atoms with E-state index in [9.17, 15) is 4.79 Å². The van der Waals surface area contributed by atoms with E-state index in [-0.39, 0.29) is 6.03 Å². The van der Waals surface area contributed by atoms with Gasteiger partial charge in [0, 0.05) is 36.8 Å².